The van der Waals surface area contributed by atoms with Crippen molar-refractivity contribution in [2.75, 3.05) is 20.6 Å². The molecular formula is C22H24ClN3O4S. The first kappa shape index (κ1) is 23.0. The molecule has 1 atom stereocenters. The summed E-state index contributed by atoms with van der Waals surface area (Å²) in [4.78, 5) is 14.6. The first-order valence-electron chi connectivity index (χ1n) is 9.59. The highest BCUT2D eigenvalue weighted by atomic mass is 35.5. The van der Waals surface area contributed by atoms with Crippen LogP contribution < -0.4 is 10.0 Å². The number of amides is 1. The summed E-state index contributed by atoms with van der Waals surface area (Å²) in [6.45, 7) is 0.334. The van der Waals surface area contributed by atoms with Crippen molar-refractivity contribution >= 4 is 27.5 Å². The molecule has 3 aromatic rings. The normalized spacial score (nSPS) is 12.6. The molecule has 0 fully saturated rings. The van der Waals surface area contributed by atoms with Crippen LogP contribution in [0.2, 0.25) is 5.02 Å². The number of carbonyl (C=O) groups excluding carboxylic acids is 1. The molecule has 2 N–H and O–H groups in total. The van der Waals surface area contributed by atoms with E-state index in [1.165, 1.54) is 24.5 Å². The van der Waals surface area contributed by atoms with E-state index in [1.54, 1.807) is 12.1 Å². The van der Waals surface area contributed by atoms with Gasteiger partial charge in [0.2, 0.25) is 10.0 Å². The van der Waals surface area contributed by atoms with Gasteiger partial charge in [0.15, 0.2) is 0 Å². The lowest BCUT2D eigenvalue weighted by Gasteiger charge is -2.25. The van der Waals surface area contributed by atoms with E-state index in [-0.39, 0.29) is 34.0 Å². The van der Waals surface area contributed by atoms with Crippen molar-refractivity contribution < 1.29 is 17.6 Å². The molecule has 0 spiro atoms. The molecular weight excluding hydrogens is 438 g/mol. The van der Waals surface area contributed by atoms with Crippen LogP contribution in [0, 0.1) is 0 Å². The van der Waals surface area contributed by atoms with Gasteiger partial charge in [0, 0.05) is 12.1 Å². The molecule has 31 heavy (non-hydrogen) atoms. The first-order valence-corrected chi connectivity index (χ1v) is 11.4. The van der Waals surface area contributed by atoms with Crippen LogP contribution >= 0.6 is 11.6 Å². The maximum absolute atomic E-state index is 12.7. The maximum atomic E-state index is 12.7. The average Bonchev–Trinajstić information content (AvgIpc) is 3.27. The molecule has 0 aliphatic rings. The minimum Gasteiger partial charge on any atom is -0.468 e. The Morgan fingerprint density at radius 3 is 2.48 bits per heavy atom. The van der Waals surface area contributed by atoms with E-state index in [0.717, 1.165) is 5.56 Å². The van der Waals surface area contributed by atoms with E-state index in [0.29, 0.717) is 12.3 Å². The number of nitrogens with zero attached hydrogens (tertiary/aromatic N) is 1. The Hall–Kier alpha value is -2.65. The van der Waals surface area contributed by atoms with E-state index in [2.05, 4.69) is 10.0 Å². The van der Waals surface area contributed by atoms with Crippen LogP contribution in [-0.4, -0.2) is 39.9 Å². The van der Waals surface area contributed by atoms with Crippen LogP contribution in [0.5, 0.6) is 0 Å². The van der Waals surface area contributed by atoms with Crippen LogP contribution in [-0.2, 0) is 16.6 Å². The maximum Gasteiger partial charge on any atom is 0.251 e. The van der Waals surface area contributed by atoms with E-state index < -0.39 is 10.0 Å². The number of hydrogen-bond acceptors (Lipinski definition) is 5. The van der Waals surface area contributed by atoms with Crippen molar-refractivity contribution in [3.8, 4) is 0 Å². The SMILES string of the molecule is CN(C)[C@H](CNC(=O)c1ccc(Cl)c(S(=O)(=O)NCc2ccco2)c1)c1ccccc1. The van der Waals surface area contributed by atoms with Gasteiger partial charge in [0.1, 0.15) is 10.7 Å². The molecule has 3 rings (SSSR count). The zero-order valence-electron chi connectivity index (χ0n) is 17.2. The molecule has 0 saturated heterocycles. The van der Waals surface area contributed by atoms with E-state index in [9.17, 15) is 13.2 Å². The number of likely N-dealkylation sites (N-methyl/N-ethyl adjacent to an activating group) is 1. The summed E-state index contributed by atoms with van der Waals surface area (Å²) in [7, 11) is -0.0769. The first-order chi connectivity index (χ1) is 14.8. The molecule has 1 heterocycles. The quantitative estimate of drug-likeness (QED) is 0.509. The van der Waals surface area contributed by atoms with E-state index in [4.69, 9.17) is 16.0 Å². The van der Waals surface area contributed by atoms with Crippen molar-refractivity contribution in [3.05, 3.63) is 88.8 Å². The van der Waals surface area contributed by atoms with Crippen LogP contribution in [0.3, 0.4) is 0 Å². The fourth-order valence-electron chi connectivity index (χ4n) is 3.07. The summed E-state index contributed by atoms with van der Waals surface area (Å²) >= 11 is 6.11. The van der Waals surface area contributed by atoms with Gasteiger partial charge in [-0.05, 0) is 50.0 Å². The molecule has 1 aromatic heterocycles. The Kier molecular flexibility index (Phi) is 7.50. The van der Waals surface area contributed by atoms with Gasteiger partial charge in [-0.1, -0.05) is 41.9 Å². The van der Waals surface area contributed by atoms with E-state index in [1.807, 2.05) is 49.3 Å². The summed E-state index contributed by atoms with van der Waals surface area (Å²) in [6, 6.07) is 17.3. The Morgan fingerprint density at radius 1 is 1.10 bits per heavy atom. The molecule has 0 saturated carbocycles. The summed E-state index contributed by atoms with van der Waals surface area (Å²) in [6.07, 6.45) is 1.46. The van der Waals surface area contributed by atoms with Gasteiger partial charge < -0.3 is 14.6 Å². The third kappa shape index (κ3) is 5.95. The predicted molar refractivity (Wildman–Crippen MR) is 119 cm³/mol. The third-order valence-electron chi connectivity index (χ3n) is 4.76. The molecule has 2 aromatic carbocycles. The number of furan rings is 1. The Bertz CT molecular complexity index is 1120. The zero-order chi connectivity index (χ0) is 22.4. The fourth-order valence-corrected chi connectivity index (χ4v) is 4.59. The molecule has 9 heteroatoms. The van der Waals surface area contributed by atoms with Gasteiger partial charge in [0.25, 0.3) is 5.91 Å². The minimum atomic E-state index is -3.94. The predicted octanol–water partition coefficient (Wildman–Crippen LogP) is 3.44. The number of benzene rings is 2. The second-order valence-electron chi connectivity index (χ2n) is 7.15. The van der Waals surface area contributed by atoms with Gasteiger partial charge in [-0.2, -0.15) is 0 Å². The van der Waals surface area contributed by atoms with Crippen molar-refractivity contribution in [1.82, 2.24) is 14.9 Å². The topological polar surface area (TPSA) is 91.7 Å². The molecule has 1 amide bonds. The number of rotatable bonds is 9. The molecule has 7 nitrogen and oxygen atoms in total. The highest BCUT2D eigenvalue weighted by molar-refractivity contribution is 7.89. The van der Waals surface area contributed by atoms with Gasteiger partial charge in [0.05, 0.1) is 23.9 Å². The van der Waals surface area contributed by atoms with Crippen molar-refractivity contribution in [2.45, 2.75) is 17.5 Å². The lowest BCUT2D eigenvalue weighted by atomic mass is 10.1. The fraction of sp³-hybridized carbons (Fsp3) is 0.227. The lowest BCUT2D eigenvalue weighted by Crippen LogP contribution is -2.34. The second kappa shape index (κ2) is 10.1. The standard InChI is InChI=1S/C22H24ClN3O4S/c1-26(2)20(16-7-4-3-5-8-16)15-24-22(27)17-10-11-19(23)21(13-17)31(28,29)25-14-18-9-6-12-30-18/h3-13,20,25H,14-15H2,1-2H3,(H,24,27)/t20-/m1/s1. The van der Waals surface area contributed by atoms with Gasteiger partial charge in [-0.3, -0.25) is 4.79 Å². The van der Waals surface area contributed by atoms with Crippen molar-refractivity contribution in [2.24, 2.45) is 0 Å². The summed E-state index contributed by atoms with van der Waals surface area (Å²) < 4.78 is 32.9. The highest BCUT2D eigenvalue weighted by Gasteiger charge is 2.21. The second-order valence-corrected chi connectivity index (χ2v) is 9.29. The Labute approximate surface area is 187 Å². The zero-order valence-corrected chi connectivity index (χ0v) is 18.8. The summed E-state index contributed by atoms with van der Waals surface area (Å²) in [5.41, 5.74) is 1.27. The number of halogens is 1. The number of hydrogen-bond donors (Lipinski definition) is 2. The molecule has 0 unspecified atom stereocenters. The van der Waals surface area contributed by atoms with Crippen LogP contribution in [0.25, 0.3) is 0 Å². The Balaban J connectivity index is 1.73. The van der Waals surface area contributed by atoms with Gasteiger partial charge >= 0.3 is 0 Å². The number of sulfonamides is 1. The van der Waals surface area contributed by atoms with Crippen LogP contribution in [0.15, 0.2) is 76.2 Å². The smallest absolute Gasteiger partial charge is 0.251 e. The summed E-state index contributed by atoms with van der Waals surface area (Å²) in [5.74, 6) is 0.0752. The summed E-state index contributed by atoms with van der Waals surface area (Å²) in [5, 5.41) is 2.90. The Morgan fingerprint density at radius 2 is 1.84 bits per heavy atom. The van der Waals surface area contributed by atoms with Crippen LogP contribution in [0.1, 0.15) is 27.7 Å². The lowest BCUT2D eigenvalue weighted by molar-refractivity contribution is 0.0941. The average molecular weight is 462 g/mol. The molecule has 0 aliphatic heterocycles. The van der Waals surface area contributed by atoms with E-state index >= 15 is 0 Å². The molecule has 164 valence electrons. The highest BCUT2D eigenvalue weighted by Crippen LogP contribution is 2.23. The number of carbonyl (C=O) groups is 1. The van der Waals surface area contributed by atoms with Gasteiger partial charge in [-0.25, -0.2) is 13.1 Å². The molecule has 0 aliphatic carbocycles. The minimum absolute atomic E-state index is 0.0241. The largest absolute Gasteiger partial charge is 0.468 e. The molecule has 0 bridgehead atoms. The monoisotopic (exact) mass is 461 g/mol. The molecule has 0 radical (unpaired) electrons. The van der Waals surface area contributed by atoms with Crippen LogP contribution in [0.4, 0.5) is 0 Å². The van der Waals surface area contributed by atoms with Crippen molar-refractivity contribution in [1.29, 1.82) is 0 Å². The number of nitrogens with one attached hydrogen (secondary N) is 2. The van der Waals surface area contributed by atoms with Crippen molar-refractivity contribution in [3.63, 3.8) is 0 Å². The third-order valence-corrected chi connectivity index (χ3v) is 6.65. The van der Waals surface area contributed by atoms with Gasteiger partial charge in [-0.15, -0.1) is 0 Å².